The van der Waals surface area contributed by atoms with Crippen LogP contribution in [-0.4, -0.2) is 11.6 Å². The highest BCUT2D eigenvalue weighted by atomic mass is 32.1. The topological polar surface area (TPSA) is 34.1 Å². The van der Waals surface area contributed by atoms with Crippen molar-refractivity contribution in [2.24, 2.45) is 0 Å². The Hall–Kier alpha value is -0.960. The van der Waals surface area contributed by atoms with Crippen LogP contribution in [0.25, 0.3) is 0 Å². The molecule has 0 radical (unpaired) electrons. The molecule has 80 valence electrons. The molecule has 1 unspecified atom stereocenters. The summed E-state index contributed by atoms with van der Waals surface area (Å²) in [6.45, 7) is 4.00. The number of rotatable bonds is 1. The molecule has 2 rings (SSSR count). The predicted molar refractivity (Wildman–Crippen MR) is 60.3 cm³/mol. The molecule has 1 aliphatic carbocycles. The summed E-state index contributed by atoms with van der Waals surface area (Å²) in [5.41, 5.74) is -0.410. The van der Waals surface area contributed by atoms with Crippen LogP contribution in [0.5, 0.6) is 0 Å². The molecular weight excluding hydrogens is 208 g/mol. The van der Waals surface area contributed by atoms with Crippen LogP contribution >= 0.6 is 11.3 Å². The van der Waals surface area contributed by atoms with E-state index in [1.165, 1.54) is 4.88 Å². The maximum atomic E-state index is 11.9. The van der Waals surface area contributed by atoms with E-state index in [-0.39, 0.29) is 18.0 Å². The molecule has 1 fully saturated rings. The van der Waals surface area contributed by atoms with E-state index in [0.717, 1.165) is 4.88 Å². The zero-order valence-electron chi connectivity index (χ0n) is 9.00. The fourth-order valence-electron chi connectivity index (χ4n) is 1.98. The molecule has 1 aromatic heterocycles. The van der Waals surface area contributed by atoms with E-state index >= 15 is 0 Å². The van der Waals surface area contributed by atoms with Gasteiger partial charge in [-0.2, -0.15) is 0 Å². The van der Waals surface area contributed by atoms with Crippen molar-refractivity contribution in [2.75, 3.05) is 0 Å². The fraction of sp³-hybridized carbons (Fsp3) is 0.500. The molecule has 15 heavy (non-hydrogen) atoms. The molecule has 2 nitrogen and oxygen atoms in total. The molecular formula is C12H14O2S. The van der Waals surface area contributed by atoms with Crippen molar-refractivity contribution in [3.63, 3.8) is 0 Å². The molecule has 0 aliphatic heterocycles. The third-order valence-corrected chi connectivity index (χ3v) is 4.43. The summed E-state index contributed by atoms with van der Waals surface area (Å²) in [5, 5.41) is 0. The fourth-order valence-corrected chi connectivity index (χ4v) is 3.04. The van der Waals surface area contributed by atoms with Gasteiger partial charge in [0.2, 0.25) is 0 Å². The highest BCUT2D eigenvalue weighted by Crippen LogP contribution is 2.38. The Balaban J connectivity index is 2.34. The van der Waals surface area contributed by atoms with E-state index in [9.17, 15) is 9.59 Å². The number of carbonyl (C=O) groups excluding carboxylic acids is 2. The van der Waals surface area contributed by atoms with Gasteiger partial charge in [-0.3, -0.25) is 9.59 Å². The van der Waals surface area contributed by atoms with Gasteiger partial charge in [0, 0.05) is 16.2 Å². The molecule has 1 heterocycles. The van der Waals surface area contributed by atoms with Crippen LogP contribution < -0.4 is 0 Å². The van der Waals surface area contributed by atoms with Gasteiger partial charge in [0.15, 0.2) is 5.78 Å². The van der Waals surface area contributed by atoms with Gasteiger partial charge in [-0.25, -0.2) is 0 Å². The predicted octanol–water partition coefficient (Wildman–Crippen LogP) is 2.64. The van der Waals surface area contributed by atoms with Crippen LogP contribution in [0.3, 0.4) is 0 Å². The average molecular weight is 222 g/mol. The van der Waals surface area contributed by atoms with E-state index in [0.29, 0.717) is 12.8 Å². The van der Waals surface area contributed by atoms with Gasteiger partial charge in [-0.05, 0) is 32.4 Å². The van der Waals surface area contributed by atoms with Crippen molar-refractivity contribution in [3.05, 3.63) is 21.9 Å². The number of hydrogen-bond acceptors (Lipinski definition) is 3. The maximum absolute atomic E-state index is 11.9. The first-order valence-corrected chi connectivity index (χ1v) is 5.96. The summed E-state index contributed by atoms with van der Waals surface area (Å²) in [4.78, 5) is 25.4. The summed E-state index contributed by atoms with van der Waals surface area (Å²) >= 11 is 1.67. The molecule has 0 aromatic carbocycles. The van der Waals surface area contributed by atoms with Crippen molar-refractivity contribution < 1.29 is 9.59 Å². The van der Waals surface area contributed by atoms with Gasteiger partial charge < -0.3 is 0 Å². The Kier molecular flexibility index (Phi) is 2.51. The molecule has 3 heteroatoms. The Morgan fingerprint density at radius 3 is 2.60 bits per heavy atom. The third kappa shape index (κ3) is 1.76. The minimum atomic E-state index is -0.410. The monoisotopic (exact) mass is 222 g/mol. The zero-order valence-corrected chi connectivity index (χ0v) is 9.82. The normalized spacial score (nSPS) is 27.1. The van der Waals surface area contributed by atoms with E-state index in [1.54, 1.807) is 11.3 Å². The number of aryl methyl sites for hydroxylation is 1. The minimum absolute atomic E-state index is 0.0839. The van der Waals surface area contributed by atoms with E-state index in [1.807, 2.05) is 26.0 Å². The van der Waals surface area contributed by atoms with Gasteiger partial charge in [0.1, 0.15) is 5.78 Å². The number of carbonyl (C=O) groups is 2. The second kappa shape index (κ2) is 3.56. The summed E-state index contributed by atoms with van der Waals surface area (Å²) in [6, 6.07) is 4.06. The zero-order chi connectivity index (χ0) is 11.1. The quantitative estimate of drug-likeness (QED) is 0.684. The lowest BCUT2D eigenvalue weighted by Gasteiger charge is -2.30. The maximum Gasteiger partial charge on any atom is 0.151 e. The third-order valence-electron chi connectivity index (χ3n) is 3.16. The first-order chi connectivity index (χ1) is 7.02. The second-order valence-electron chi connectivity index (χ2n) is 4.38. The minimum Gasteiger partial charge on any atom is -0.299 e. The van der Waals surface area contributed by atoms with Crippen LogP contribution in [-0.2, 0) is 15.0 Å². The van der Waals surface area contributed by atoms with Gasteiger partial charge in [-0.15, -0.1) is 11.3 Å². The lowest BCUT2D eigenvalue weighted by atomic mass is 9.73. The number of hydrogen-bond donors (Lipinski definition) is 0. The molecule has 0 bridgehead atoms. The standard InChI is InChI=1S/C12H14O2S/c1-8-3-4-11(15-8)12(2)6-5-9(13)7-10(12)14/h3-4H,5-7H2,1-2H3. The molecule has 1 saturated carbocycles. The molecule has 1 aliphatic rings. The van der Waals surface area contributed by atoms with Gasteiger partial charge >= 0.3 is 0 Å². The average Bonchev–Trinajstić information content (AvgIpc) is 2.60. The van der Waals surface area contributed by atoms with Gasteiger partial charge in [-0.1, -0.05) is 0 Å². The number of thiophene rings is 1. The number of ketones is 2. The highest BCUT2D eigenvalue weighted by molar-refractivity contribution is 7.12. The van der Waals surface area contributed by atoms with Crippen molar-refractivity contribution in [2.45, 2.75) is 38.5 Å². The van der Waals surface area contributed by atoms with Crippen LogP contribution in [0.15, 0.2) is 12.1 Å². The summed E-state index contributed by atoms with van der Waals surface area (Å²) in [6.07, 6.45) is 1.33. The van der Waals surface area contributed by atoms with E-state index in [2.05, 4.69) is 0 Å². The summed E-state index contributed by atoms with van der Waals surface area (Å²) < 4.78 is 0. The summed E-state index contributed by atoms with van der Waals surface area (Å²) in [5.74, 6) is 0.173. The van der Waals surface area contributed by atoms with Crippen LogP contribution in [0.1, 0.15) is 35.9 Å². The largest absolute Gasteiger partial charge is 0.299 e. The Bertz CT molecular complexity index is 419. The lowest BCUT2D eigenvalue weighted by Crippen LogP contribution is -2.37. The number of Topliss-reactive ketones (excluding diaryl/α,β-unsaturated/α-hetero) is 2. The smallest absolute Gasteiger partial charge is 0.151 e. The van der Waals surface area contributed by atoms with Gasteiger partial charge in [0.25, 0.3) is 0 Å². The van der Waals surface area contributed by atoms with Crippen molar-refractivity contribution in [1.29, 1.82) is 0 Å². The van der Waals surface area contributed by atoms with Crippen molar-refractivity contribution in [3.8, 4) is 0 Å². The first-order valence-electron chi connectivity index (χ1n) is 5.14. The Morgan fingerprint density at radius 2 is 2.07 bits per heavy atom. The van der Waals surface area contributed by atoms with Crippen molar-refractivity contribution in [1.82, 2.24) is 0 Å². The van der Waals surface area contributed by atoms with Crippen LogP contribution in [0.2, 0.25) is 0 Å². The molecule has 0 amide bonds. The highest BCUT2D eigenvalue weighted by Gasteiger charge is 2.40. The Labute approximate surface area is 93.3 Å². The van der Waals surface area contributed by atoms with E-state index in [4.69, 9.17) is 0 Å². The second-order valence-corrected chi connectivity index (χ2v) is 5.67. The first kappa shape index (κ1) is 10.6. The lowest BCUT2D eigenvalue weighted by molar-refractivity contribution is -0.133. The molecule has 0 saturated heterocycles. The molecule has 0 N–H and O–H groups in total. The Morgan fingerprint density at radius 1 is 1.33 bits per heavy atom. The summed E-state index contributed by atoms with van der Waals surface area (Å²) in [7, 11) is 0. The SMILES string of the molecule is Cc1ccc(C2(C)CCC(=O)CC2=O)s1. The van der Waals surface area contributed by atoms with Gasteiger partial charge in [0.05, 0.1) is 11.8 Å². The molecule has 0 spiro atoms. The van der Waals surface area contributed by atoms with Crippen molar-refractivity contribution >= 4 is 22.9 Å². The van der Waals surface area contributed by atoms with E-state index < -0.39 is 5.41 Å². The molecule has 1 atom stereocenters. The molecule has 1 aromatic rings. The van der Waals surface area contributed by atoms with Crippen LogP contribution in [0, 0.1) is 6.92 Å². The van der Waals surface area contributed by atoms with Crippen LogP contribution in [0.4, 0.5) is 0 Å².